The average Bonchev–Trinajstić information content (AvgIpc) is 2.60. The van der Waals surface area contributed by atoms with Crippen molar-refractivity contribution in [2.75, 3.05) is 13.1 Å². The number of nitrogens with zero attached hydrogens (tertiary/aromatic N) is 2. The number of rotatable bonds is 4. The summed E-state index contributed by atoms with van der Waals surface area (Å²) in [6, 6.07) is 11.1. The van der Waals surface area contributed by atoms with E-state index < -0.39 is 0 Å². The van der Waals surface area contributed by atoms with Gasteiger partial charge in [0.15, 0.2) is 0 Å². The lowest BCUT2D eigenvalue weighted by molar-refractivity contribution is 0.0676. The average molecular weight is 359 g/mol. The molecule has 1 fully saturated rings. The van der Waals surface area contributed by atoms with Crippen LogP contribution in [0.3, 0.4) is 0 Å². The summed E-state index contributed by atoms with van der Waals surface area (Å²) in [5, 5.41) is 0.578. The summed E-state index contributed by atoms with van der Waals surface area (Å²) >= 11 is 6.19. The molecule has 1 saturated heterocycles. The molecule has 1 aliphatic rings. The summed E-state index contributed by atoms with van der Waals surface area (Å²) in [7, 11) is 0. The second-order valence-electron chi connectivity index (χ2n) is 6.74. The van der Waals surface area contributed by atoms with E-state index >= 15 is 0 Å². The molecule has 0 spiro atoms. The van der Waals surface area contributed by atoms with Gasteiger partial charge in [-0.1, -0.05) is 30.7 Å². The largest absolute Gasteiger partial charge is 0.486 e. The molecule has 0 radical (unpaired) electrons. The van der Waals surface area contributed by atoms with Crippen molar-refractivity contribution in [3.63, 3.8) is 0 Å². The third-order valence-corrected chi connectivity index (χ3v) is 4.73. The highest BCUT2D eigenvalue weighted by Crippen LogP contribution is 2.26. The Hall–Kier alpha value is -2.07. The Morgan fingerprint density at radius 1 is 1.36 bits per heavy atom. The molecule has 1 aromatic heterocycles. The maximum Gasteiger partial charge on any atom is 0.272 e. The number of aryl methyl sites for hydroxylation is 1. The van der Waals surface area contributed by atoms with Crippen LogP contribution in [0.1, 0.15) is 41.5 Å². The van der Waals surface area contributed by atoms with Crippen molar-refractivity contribution in [1.82, 2.24) is 9.88 Å². The number of aromatic nitrogens is 1. The van der Waals surface area contributed by atoms with Gasteiger partial charge < -0.3 is 9.64 Å². The minimum atomic E-state index is 0.00164. The number of ether oxygens (including phenoxy) is 1. The van der Waals surface area contributed by atoms with E-state index in [0.29, 0.717) is 28.1 Å². The Labute approximate surface area is 153 Å². The van der Waals surface area contributed by atoms with Gasteiger partial charge in [-0.15, -0.1) is 0 Å². The van der Waals surface area contributed by atoms with E-state index in [-0.39, 0.29) is 12.5 Å². The molecule has 0 aliphatic carbocycles. The monoisotopic (exact) mass is 358 g/mol. The van der Waals surface area contributed by atoms with Crippen LogP contribution in [0.4, 0.5) is 0 Å². The van der Waals surface area contributed by atoms with E-state index in [0.717, 1.165) is 25.1 Å². The molecule has 1 unspecified atom stereocenters. The lowest BCUT2D eigenvalue weighted by Crippen LogP contribution is -2.39. The number of hydrogen-bond acceptors (Lipinski definition) is 3. The van der Waals surface area contributed by atoms with E-state index in [9.17, 15) is 4.79 Å². The molecule has 0 saturated carbocycles. The number of carbonyl (C=O) groups is 1. The highest BCUT2D eigenvalue weighted by Gasteiger charge is 2.23. The van der Waals surface area contributed by atoms with E-state index in [2.05, 4.69) is 11.9 Å². The zero-order chi connectivity index (χ0) is 17.8. The van der Waals surface area contributed by atoms with Crippen molar-refractivity contribution in [3.8, 4) is 5.75 Å². The van der Waals surface area contributed by atoms with Crippen molar-refractivity contribution >= 4 is 17.5 Å². The van der Waals surface area contributed by atoms with Crippen molar-refractivity contribution in [2.24, 2.45) is 5.92 Å². The van der Waals surface area contributed by atoms with Gasteiger partial charge in [0.2, 0.25) is 0 Å². The van der Waals surface area contributed by atoms with Crippen molar-refractivity contribution in [2.45, 2.75) is 33.3 Å². The van der Waals surface area contributed by atoms with Crippen LogP contribution in [0.15, 0.2) is 36.4 Å². The van der Waals surface area contributed by atoms with Gasteiger partial charge in [-0.05, 0) is 55.5 Å². The predicted molar refractivity (Wildman–Crippen MR) is 99.1 cm³/mol. The summed E-state index contributed by atoms with van der Waals surface area (Å²) in [5.74, 6) is 1.17. The van der Waals surface area contributed by atoms with E-state index in [1.165, 1.54) is 6.42 Å². The summed E-state index contributed by atoms with van der Waals surface area (Å²) < 4.78 is 5.76. The standard InChI is InChI=1S/C20H23ClN2O2/c1-14-8-9-19(17(21)11-14)25-13-16-6-3-7-18(22-16)20(24)23-10-4-5-15(2)12-23/h3,6-9,11,15H,4-5,10,12-13H2,1-2H3. The fourth-order valence-corrected chi connectivity index (χ4v) is 3.38. The first-order valence-electron chi connectivity index (χ1n) is 8.67. The molecule has 1 aliphatic heterocycles. The Bertz CT molecular complexity index is 763. The maximum absolute atomic E-state index is 12.7. The van der Waals surface area contributed by atoms with Crippen molar-refractivity contribution in [1.29, 1.82) is 0 Å². The normalized spacial score (nSPS) is 17.4. The number of halogens is 1. The fourth-order valence-electron chi connectivity index (χ4n) is 3.09. The number of pyridine rings is 1. The van der Waals surface area contributed by atoms with Crippen LogP contribution in [-0.2, 0) is 6.61 Å². The quantitative estimate of drug-likeness (QED) is 0.808. The number of amides is 1. The highest BCUT2D eigenvalue weighted by molar-refractivity contribution is 6.32. The first-order valence-corrected chi connectivity index (χ1v) is 9.05. The lowest BCUT2D eigenvalue weighted by Gasteiger charge is -2.30. The van der Waals surface area contributed by atoms with Gasteiger partial charge in [-0.2, -0.15) is 0 Å². The van der Waals surface area contributed by atoms with Gasteiger partial charge >= 0.3 is 0 Å². The number of hydrogen-bond donors (Lipinski definition) is 0. The zero-order valence-electron chi connectivity index (χ0n) is 14.7. The Morgan fingerprint density at radius 2 is 2.20 bits per heavy atom. The summed E-state index contributed by atoms with van der Waals surface area (Å²) in [6.45, 7) is 6.06. The molecule has 0 N–H and O–H groups in total. The number of benzene rings is 1. The van der Waals surface area contributed by atoms with E-state index in [4.69, 9.17) is 16.3 Å². The molecular formula is C20H23ClN2O2. The number of carbonyl (C=O) groups excluding carboxylic acids is 1. The second-order valence-corrected chi connectivity index (χ2v) is 7.14. The first-order chi connectivity index (χ1) is 12.0. The van der Waals surface area contributed by atoms with Crippen molar-refractivity contribution in [3.05, 3.63) is 58.4 Å². The molecule has 3 rings (SSSR count). The summed E-state index contributed by atoms with van der Waals surface area (Å²) in [5.41, 5.74) is 2.27. The molecule has 0 bridgehead atoms. The zero-order valence-corrected chi connectivity index (χ0v) is 15.4. The summed E-state index contributed by atoms with van der Waals surface area (Å²) in [6.07, 6.45) is 2.24. The van der Waals surface area contributed by atoms with Crippen LogP contribution >= 0.6 is 11.6 Å². The lowest BCUT2D eigenvalue weighted by atomic mass is 10.00. The maximum atomic E-state index is 12.7. The molecule has 1 atom stereocenters. The smallest absolute Gasteiger partial charge is 0.272 e. The van der Waals surface area contributed by atoms with Crippen LogP contribution in [0.2, 0.25) is 5.02 Å². The van der Waals surface area contributed by atoms with Gasteiger partial charge in [0.25, 0.3) is 5.91 Å². The van der Waals surface area contributed by atoms with Crippen LogP contribution in [0, 0.1) is 12.8 Å². The van der Waals surface area contributed by atoms with Gasteiger partial charge in [-0.3, -0.25) is 4.79 Å². The van der Waals surface area contributed by atoms with Crippen LogP contribution in [0.5, 0.6) is 5.75 Å². The van der Waals surface area contributed by atoms with Gasteiger partial charge in [0.05, 0.1) is 10.7 Å². The van der Waals surface area contributed by atoms with Gasteiger partial charge in [0.1, 0.15) is 18.1 Å². The van der Waals surface area contributed by atoms with Gasteiger partial charge in [0, 0.05) is 13.1 Å². The Balaban J connectivity index is 1.67. The second kappa shape index (κ2) is 7.87. The minimum absolute atomic E-state index is 0.00164. The fraction of sp³-hybridized carbons (Fsp3) is 0.400. The number of likely N-dealkylation sites (tertiary alicyclic amines) is 1. The molecule has 5 heteroatoms. The Kier molecular flexibility index (Phi) is 5.59. The van der Waals surface area contributed by atoms with Crippen molar-refractivity contribution < 1.29 is 9.53 Å². The van der Waals surface area contributed by atoms with E-state index in [1.54, 1.807) is 6.07 Å². The molecule has 1 aromatic carbocycles. The molecule has 132 valence electrons. The molecule has 2 aromatic rings. The van der Waals surface area contributed by atoms with Gasteiger partial charge in [-0.25, -0.2) is 4.98 Å². The number of piperidine rings is 1. The topological polar surface area (TPSA) is 42.4 Å². The predicted octanol–water partition coefficient (Wildman–Crippen LogP) is 4.49. The molecule has 1 amide bonds. The van der Waals surface area contributed by atoms with Crippen LogP contribution < -0.4 is 4.74 Å². The molecule has 4 nitrogen and oxygen atoms in total. The summed E-state index contributed by atoms with van der Waals surface area (Å²) in [4.78, 5) is 19.0. The molecule has 2 heterocycles. The molecule has 25 heavy (non-hydrogen) atoms. The third-order valence-electron chi connectivity index (χ3n) is 4.43. The van der Waals surface area contributed by atoms with Crippen LogP contribution in [-0.4, -0.2) is 28.9 Å². The van der Waals surface area contributed by atoms with E-state index in [1.807, 2.05) is 42.2 Å². The van der Waals surface area contributed by atoms with Crippen LogP contribution in [0.25, 0.3) is 0 Å². The first kappa shape index (κ1) is 17.7. The SMILES string of the molecule is Cc1ccc(OCc2cccc(C(=O)N3CCCC(C)C3)n2)c(Cl)c1. The Morgan fingerprint density at radius 3 is 2.96 bits per heavy atom. The molecular weight excluding hydrogens is 336 g/mol. The highest BCUT2D eigenvalue weighted by atomic mass is 35.5. The minimum Gasteiger partial charge on any atom is -0.486 e. The third kappa shape index (κ3) is 4.51.